The summed E-state index contributed by atoms with van der Waals surface area (Å²) in [6, 6.07) is 17.2. The van der Waals surface area contributed by atoms with E-state index in [4.69, 9.17) is 34.0 Å². The average Bonchev–Trinajstić information content (AvgIpc) is 3.25. The Hall–Kier alpha value is -3.92. The van der Waals surface area contributed by atoms with Gasteiger partial charge in [0.05, 0.1) is 19.8 Å². The molecule has 3 aromatic rings. The zero-order valence-corrected chi connectivity index (χ0v) is 16.0. The molecule has 0 saturated carbocycles. The molecule has 10 heteroatoms. The quantitative estimate of drug-likeness (QED) is 0.399. The summed E-state index contributed by atoms with van der Waals surface area (Å²) in [6.07, 6.45) is 3.17. The first-order valence-corrected chi connectivity index (χ1v) is 8.86. The second-order valence-corrected chi connectivity index (χ2v) is 5.62. The van der Waals surface area contributed by atoms with Crippen LogP contribution in [0.25, 0.3) is 0 Å². The number of benzene rings is 2. The predicted octanol–water partition coefficient (Wildman–Crippen LogP) is 2.32. The molecular formula is C20H21N3O7. The van der Waals surface area contributed by atoms with Crippen LogP contribution in [0.1, 0.15) is 0 Å². The maximum atomic E-state index is 9.10. The summed E-state index contributed by atoms with van der Waals surface area (Å²) < 4.78 is 18.7. The van der Waals surface area contributed by atoms with Gasteiger partial charge in [-0.2, -0.15) is 5.10 Å². The third-order valence-electron chi connectivity index (χ3n) is 3.40. The molecule has 0 fully saturated rings. The van der Waals surface area contributed by atoms with Gasteiger partial charge in [-0.3, -0.25) is 4.68 Å². The summed E-state index contributed by atoms with van der Waals surface area (Å²) in [6.45, 7) is 2.24. The van der Waals surface area contributed by atoms with E-state index in [1.807, 2.05) is 54.6 Å². The first kappa shape index (κ1) is 22.4. The van der Waals surface area contributed by atoms with Crippen LogP contribution < -0.4 is 9.47 Å². The van der Waals surface area contributed by atoms with Gasteiger partial charge in [0, 0.05) is 6.07 Å². The molecule has 0 spiro atoms. The van der Waals surface area contributed by atoms with Gasteiger partial charge in [-0.05, 0) is 24.3 Å². The standard InChI is InChI=1S/C18H19N3O3.C2H2O4/c1-2-5-16(6-3-1)24-18-8-4-7-17(13-18)23-12-11-22-10-9-21-15-19-14-20-21;3-1(4)2(5)6/h1-8,13-15H,9-12H2;(H,3,4)(H,5,6). The Morgan fingerprint density at radius 2 is 1.57 bits per heavy atom. The number of carboxylic acid groups (broad SMARTS) is 2. The van der Waals surface area contributed by atoms with Crippen LogP contribution in [0.3, 0.4) is 0 Å². The van der Waals surface area contributed by atoms with Crippen molar-refractivity contribution < 1.29 is 34.0 Å². The Kier molecular flexibility index (Phi) is 9.34. The summed E-state index contributed by atoms with van der Waals surface area (Å²) in [5, 5.41) is 18.8. The van der Waals surface area contributed by atoms with Crippen molar-refractivity contribution in [3.63, 3.8) is 0 Å². The molecule has 1 heterocycles. The smallest absolute Gasteiger partial charge is 0.414 e. The van der Waals surface area contributed by atoms with Crippen molar-refractivity contribution in [3.05, 3.63) is 67.3 Å². The highest BCUT2D eigenvalue weighted by atomic mass is 16.5. The average molecular weight is 415 g/mol. The lowest BCUT2D eigenvalue weighted by molar-refractivity contribution is -0.159. The van der Waals surface area contributed by atoms with Gasteiger partial charge in [0.1, 0.15) is 36.5 Å². The van der Waals surface area contributed by atoms with E-state index in [0.29, 0.717) is 26.4 Å². The molecule has 0 aliphatic rings. The Bertz CT molecular complexity index is 890. The van der Waals surface area contributed by atoms with Crippen molar-refractivity contribution in [2.75, 3.05) is 19.8 Å². The van der Waals surface area contributed by atoms with Crippen LogP contribution in [-0.4, -0.2) is 56.7 Å². The number of nitrogens with zero attached hydrogens (tertiary/aromatic N) is 3. The van der Waals surface area contributed by atoms with Crippen LogP contribution in [0.2, 0.25) is 0 Å². The van der Waals surface area contributed by atoms with Crippen molar-refractivity contribution >= 4 is 11.9 Å². The van der Waals surface area contributed by atoms with E-state index < -0.39 is 11.9 Å². The monoisotopic (exact) mass is 415 g/mol. The number of carboxylic acids is 2. The van der Waals surface area contributed by atoms with Gasteiger partial charge in [0.25, 0.3) is 0 Å². The predicted molar refractivity (Wildman–Crippen MR) is 105 cm³/mol. The molecule has 0 unspecified atom stereocenters. The molecule has 30 heavy (non-hydrogen) atoms. The number of hydrogen-bond donors (Lipinski definition) is 2. The number of carbonyl (C=O) groups is 2. The van der Waals surface area contributed by atoms with Gasteiger partial charge in [-0.25, -0.2) is 14.6 Å². The van der Waals surface area contributed by atoms with E-state index in [-0.39, 0.29) is 0 Å². The van der Waals surface area contributed by atoms with Crippen molar-refractivity contribution in [2.24, 2.45) is 0 Å². The molecule has 2 N–H and O–H groups in total. The third kappa shape index (κ3) is 8.85. The van der Waals surface area contributed by atoms with Crippen LogP contribution in [0.4, 0.5) is 0 Å². The van der Waals surface area contributed by atoms with Gasteiger partial charge >= 0.3 is 11.9 Å². The fraction of sp³-hybridized carbons (Fsp3) is 0.200. The van der Waals surface area contributed by atoms with E-state index in [1.165, 1.54) is 6.33 Å². The molecule has 1 aromatic heterocycles. The largest absolute Gasteiger partial charge is 0.491 e. The van der Waals surface area contributed by atoms with E-state index in [9.17, 15) is 0 Å². The fourth-order valence-corrected chi connectivity index (χ4v) is 2.08. The fourth-order valence-electron chi connectivity index (χ4n) is 2.08. The van der Waals surface area contributed by atoms with E-state index in [1.54, 1.807) is 11.0 Å². The van der Waals surface area contributed by atoms with Gasteiger partial charge < -0.3 is 24.4 Å². The molecule has 0 atom stereocenters. The Balaban J connectivity index is 0.000000469. The van der Waals surface area contributed by atoms with Crippen molar-refractivity contribution in [3.8, 4) is 17.2 Å². The van der Waals surface area contributed by atoms with Gasteiger partial charge in [0.2, 0.25) is 0 Å². The van der Waals surface area contributed by atoms with E-state index in [0.717, 1.165) is 17.2 Å². The summed E-state index contributed by atoms with van der Waals surface area (Å²) in [4.78, 5) is 22.1. The van der Waals surface area contributed by atoms with Gasteiger partial charge in [0.15, 0.2) is 0 Å². The molecule has 0 radical (unpaired) electrons. The lowest BCUT2D eigenvalue weighted by Crippen LogP contribution is -2.11. The van der Waals surface area contributed by atoms with E-state index >= 15 is 0 Å². The summed E-state index contributed by atoms with van der Waals surface area (Å²) >= 11 is 0. The van der Waals surface area contributed by atoms with Crippen molar-refractivity contribution in [1.29, 1.82) is 0 Å². The Morgan fingerprint density at radius 1 is 0.867 bits per heavy atom. The van der Waals surface area contributed by atoms with Gasteiger partial charge in [-0.1, -0.05) is 24.3 Å². The molecule has 3 rings (SSSR count). The second-order valence-electron chi connectivity index (χ2n) is 5.62. The highest BCUT2D eigenvalue weighted by molar-refractivity contribution is 6.27. The number of rotatable bonds is 9. The molecule has 0 amide bonds. The summed E-state index contributed by atoms with van der Waals surface area (Å²) in [5.41, 5.74) is 0. The van der Waals surface area contributed by atoms with E-state index in [2.05, 4.69) is 10.1 Å². The zero-order chi connectivity index (χ0) is 21.6. The first-order chi connectivity index (χ1) is 14.5. The number of para-hydroxylation sites is 1. The Labute approximate surface area is 172 Å². The summed E-state index contributed by atoms with van der Waals surface area (Å²) in [7, 11) is 0. The second kappa shape index (κ2) is 12.5. The SMILES string of the molecule is O=C(O)C(=O)O.c1ccc(Oc2cccc(OCCOCCn3cncn3)c2)cc1. The van der Waals surface area contributed by atoms with Crippen LogP contribution in [0.15, 0.2) is 67.3 Å². The number of aliphatic carboxylic acids is 2. The van der Waals surface area contributed by atoms with Crippen molar-refractivity contribution in [1.82, 2.24) is 14.8 Å². The molecule has 2 aromatic carbocycles. The minimum Gasteiger partial charge on any atom is -0.491 e. The molecule has 0 saturated heterocycles. The molecular weight excluding hydrogens is 394 g/mol. The lowest BCUT2D eigenvalue weighted by Gasteiger charge is -2.09. The maximum absolute atomic E-state index is 9.10. The van der Waals surface area contributed by atoms with Crippen LogP contribution in [0.5, 0.6) is 17.2 Å². The highest BCUT2D eigenvalue weighted by Crippen LogP contribution is 2.24. The highest BCUT2D eigenvalue weighted by Gasteiger charge is 2.04. The normalized spacial score (nSPS) is 9.87. The third-order valence-corrected chi connectivity index (χ3v) is 3.40. The minimum atomic E-state index is -1.82. The van der Waals surface area contributed by atoms with Crippen molar-refractivity contribution in [2.45, 2.75) is 6.54 Å². The number of hydrogen-bond acceptors (Lipinski definition) is 7. The number of aromatic nitrogens is 3. The van der Waals surface area contributed by atoms with Crippen LogP contribution in [0, 0.1) is 0 Å². The lowest BCUT2D eigenvalue weighted by atomic mass is 10.3. The molecule has 0 aliphatic carbocycles. The first-order valence-electron chi connectivity index (χ1n) is 8.86. The van der Waals surface area contributed by atoms with Crippen LogP contribution >= 0.6 is 0 Å². The number of ether oxygens (including phenoxy) is 3. The topological polar surface area (TPSA) is 133 Å². The van der Waals surface area contributed by atoms with Crippen LogP contribution in [-0.2, 0) is 20.9 Å². The maximum Gasteiger partial charge on any atom is 0.414 e. The molecule has 158 valence electrons. The molecule has 0 bridgehead atoms. The Morgan fingerprint density at radius 3 is 2.23 bits per heavy atom. The molecule has 10 nitrogen and oxygen atoms in total. The van der Waals surface area contributed by atoms with Gasteiger partial charge in [-0.15, -0.1) is 0 Å². The summed E-state index contributed by atoms with van der Waals surface area (Å²) in [5.74, 6) is -1.36. The molecule has 0 aliphatic heterocycles. The zero-order valence-electron chi connectivity index (χ0n) is 16.0. The minimum absolute atomic E-state index is 0.478.